The number of aromatic nitrogens is 2. The highest BCUT2D eigenvalue weighted by Gasteiger charge is 2.10. The van der Waals surface area contributed by atoms with Crippen LogP contribution in [0.2, 0.25) is 0 Å². The first-order valence-corrected chi connectivity index (χ1v) is 6.03. The van der Waals surface area contributed by atoms with Gasteiger partial charge in [-0.05, 0) is 30.7 Å². The number of hydrogen-bond donors (Lipinski definition) is 1. The number of para-hydroxylation sites is 3. The zero-order valence-electron chi connectivity index (χ0n) is 10.3. The molecule has 0 fully saturated rings. The SMILES string of the molecule is Cc1nc2ccccc2n1-c1ccccc1CN. The van der Waals surface area contributed by atoms with Crippen molar-refractivity contribution in [2.45, 2.75) is 13.5 Å². The molecule has 0 radical (unpaired) electrons. The highest BCUT2D eigenvalue weighted by Crippen LogP contribution is 2.23. The molecule has 0 bridgehead atoms. The molecule has 3 aromatic rings. The number of fused-ring (bicyclic) bond motifs is 1. The van der Waals surface area contributed by atoms with Crippen LogP contribution in [-0.4, -0.2) is 9.55 Å². The summed E-state index contributed by atoms with van der Waals surface area (Å²) < 4.78 is 2.16. The summed E-state index contributed by atoms with van der Waals surface area (Å²) in [6, 6.07) is 16.3. The van der Waals surface area contributed by atoms with Crippen LogP contribution in [0.5, 0.6) is 0 Å². The third-order valence-electron chi connectivity index (χ3n) is 3.18. The van der Waals surface area contributed by atoms with Crippen molar-refractivity contribution in [3.05, 3.63) is 59.9 Å². The van der Waals surface area contributed by atoms with Crippen LogP contribution in [0.1, 0.15) is 11.4 Å². The Morgan fingerprint density at radius 3 is 2.61 bits per heavy atom. The third kappa shape index (κ3) is 1.60. The Kier molecular flexibility index (Phi) is 2.61. The molecule has 1 heterocycles. The Morgan fingerprint density at radius 1 is 1.06 bits per heavy atom. The van der Waals surface area contributed by atoms with Crippen molar-refractivity contribution >= 4 is 11.0 Å². The van der Waals surface area contributed by atoms with E-state index in [2.05, 4.69) is 27.8 Å². The Hall–Kier alpha value is -2.13. The minimum Gasteiger partial charge on any atom is -0.326 e. The molecule has 2 N–H and O–H groups in total. The fourth-order valence-corrected chi connectivity index (χ4v) is 2.35. The van der Waals surface area contributed by atoms with Gasteiger partial charge in [-0.3, -0.25) is 4.57 Å². The molecule has 3 nitrogen and oxygen atoms in total. The fraction of sp³-hybridized carbons (Fsp3) is 0.133. The lowest BCUT2D eigenvalue weighted by Crippen LogP contribution is -2.05. The van der Waals surface area contributed by atoms with Crippen LogP contribution in [0.25, 0.3) is 16.7 Å². The van der Waals surface area contributed by atoms with E-state index >= 15 is 0 Å². The summed E-state index contributed by atoms with van der Waals surface area (Å²) in [6.07, 6.45) is 0. The summed E-state index contributed by atoms with van der Waals surface area (Å²) in [6.45, 7) is 2.55. The largest absolute Gasteiger partial charge is 0.326 e. The quantitative estimate of drug-likeness (QED) is 0.744. The average molecular weight is 237 g/mol. The van der Waals surface area contributed by atoms with E-state index in [4.69, 9.17) is 5.73 Å². The number of imidazole rings is 1. The van der Waals surface area contributed by atoms with Gasteiger partial charge < -0.3 is 5.73 Å². The highest BCUT2D eigenvalue weighted by atomic mass is 15.1. The Bertz CT molecular complexity index is 698. The second-order valence-electron chi connectivity index (χ2n) is 4.32. The van der Waals surface area contributed by atoms with Crippen LogP contribution >= 0.6 is 0 Å². The molecule has 0 aliphatic carbocycles. The van der Waals surface area contributed by atoms with E-state index in [0.29, 0.717) is 6.54 Å². The van der Waals surface area contributed by atoms with Crippen molar-refractivity contribution in [1.82, 2.24) is 9.55 Å². The van der Waals surface area contributed by atoms with Crippen molar-refractivity contribution in [1.29, 1.82) is 0 Å². The zero-order chi connectivity index (χ0) is 12.5. The van der Waals surface area contributed by atoms with Gasteiger partial charge in [-0.2, -0.15) is 0 Å². The minimum absolute atomic E-state index is 0.530. The van der Waals surface area contributed by atoms with Crippen LogP contribution in [0, 0.1) is 6.92 Å². The molecule has 0 aliphatic heterocycles. The summed E-state index contributed by atoms with van der Waals surface area (Å²) in [5, 5.41) is 0. The summed E-state index contributed by atoms with van der Waals surface area (Å²) in [5.41, 5.74) is 10.2. The van der Waals surface area contributed by atoms with E-state index in [1.165, 1.54) is 0 Å². The number of nitrogens with two attached hydrogens (primary N) is 1. The molecule has 1 aromatic heterocycles. The van der Waals surface area contributed by atoms with E-state index in [-0.39, 0.29) is 0 Å². The maximum atomic E-state index is 5.82. The fourth-order valence-electron chi connectivity index (χ4n) is 2.35. The maximum Gasteiger partial charge on any atom is 0.111 e. The highest BCUT2D eigenvalue weighted by molar-refractivity contribution is 5.78. The van der Waals surface area contributed by atoms with Crippen LogP contribution in [-0.2, 0) is 6.54 Å². The van der Waals surface area contributed by atoms with Crippen molar-refractivity contribution in [3.8, 4) is 5.69 Å². The van der Waals surface area contributed by atoms with Gasteiger partial charge in [-0.15, -0.1) is 0 Å². The van der Waals surface area contributed by atoms with Gasteiger partial charge >= 0.3 is 0 Å². The predicted molar refractivity (Wildman–Crippen MR) is 73.7 cm³/mol. The van der Waals surface area contributed by atoms with Gasteiger partial charge in [-0.1, -0.05) is 30.3 Å². The molecule has 0 aliphatic rings. The van der Waals surface area contributed by atoms with Crippen molar-refractivity contribution in [3.63, 3.8) is 0 Å². The molecule has 0 amide bonds. The topological polar surface area (TPSA) is 43.8 Å². The minimum atomic E-state index is 0.530. The van der Waals surface area contributed by atoms with E-state index in [1.807, 2.05) is 37.3 Å². The second kappa shape index (κ2) is 4.27. The number of nitrogens with zero attached hydrogens (tertiary/aromatic N) is 2. The van der Waals surface area contributed by atoms with E-state index < -0.39 is 0 Å². The predicted octanol–water partition coefficient (Wildman–Crippen LogP) is 2.79. The molecular formula is C15H15N3. The molecular weight excluding hydrogens is 222 g/mol. The summed E-state index contributed by atoms with van der Waals surface area (Å²) in [5.74, 6) is 0.983. The smallest absolute Gasteiger partial charge is 0.111 e. The maximum absolute atomic E-state index is 5.82. The monoisotopic (exact) mass is 237 g/mol. The van der Waals surface area contributed by atoms with Gasteiger partial charge in [-0.25, -0.2) is 4.98 Å². The molecule has 0 spiro atoms. The van der Waals surface area contributed by atoms with Crippen LogP contribution in [0.3, 0.4) is 0 Å². The molecule has 18 heavy (non-hydrogen) atoms. The molecule has 90 valence electrons. The Morgan fingerprint density at radius 2 is 1.78 bits per heavy atom. The first-order valence-electron chi connectivity index (χ1n) is 6.03. The van der Waals surface area contributed by atoms with Crippen LogP contribution in [0.15, 0.2) is 48.5 Å². The normalized spacial score (nSPS) is 11.0. The van der Waals surface area contributed by atoms with E-state index in [0.717, 1.165) is 28.1 Å². The molecule has 0 unspecified atom stereocenters. The average Bonchev–Trinajstić information content (AvgIpc) is 2.74. The van der Waals surface area contributed by atoms with Gasteiger partial charge in [0.05, 0.1) is 16.7 Å². The molecule has 3 heteroatoms. The summed E-state index contributed by atoms with van der Waals surface area (Å²) >= 11 is 0. The van der Waals surface area contributed by atoms with Crippen molar-refractivity contribution in [2.75, 3.05) is 0 Å². The number of benzene rings is 2. The third-order valence-corrected chi connectivity index (χ3v) is 3.18. The number of aryl methyl sites for hydroxylation is 1. The van der Waals surface area contributed by atoms with Crippen molar-refractivity contribution < 1.29 is 0 Å². The van der Waals surface area contributed by atoms with Gasteiger partial charge in [0.25, 0.3) is 0 Å². The lowest BCUT2D eigenvalue weighted by atomic mass is 10.1. The first kappa shape index (κ1) is 11.0. The van der Waals surface area contributed by atoms with E-state index in [1.54, 1.807) is 0 Å². The second-order valence-corrected chi connectivity index (χ2v) is 4.32. The van der Waals surface area contributed by atoms with Crippen molar-refractivity contribution in [2.24, 2.45) is 5.73 Å². The first-order chi connectivity index (χ1) is 8.81. The number of rotatable bonds is 2. The molecule has 0 saturated heterocycles. The van der Waals surface area contributed by atoms with Crippen LogP contribution < -0.4 is 5.73 Å². The lowest BCUT2D eigenvalue weighted by Gasteiger charge is -2.11. The summed E-state index contributed by atoms with van der Waals surface area (Å²) in [4.78, 5) is 4.59. The number of hydrogen-bond acceptors (Lipinski definition) is 2. The standard InChI is InChI=1S/C15H15N3/c1-11-17-13-7-3-5-9-15(13)18(11)14-8-4-2-6-12(14)10-16/h2-9H,10,16H2,1H3. The molecule has 2 aromatic carbocycles. The Balaban J connectivity index is 2.34. The molecule has 0 saturated carbocycles. The Labute approximate surface area is 106 Å². The van der Waals surface area contributed by atoms with Gasteiger partial charge in [0, 0.05) is 6.54 Å². The van der Waals surface area contributed by atoms with Crippen LogP contribution in [0.4, 0.5) is 0 Å². The lowest BCUT2D eigenvalue weighted by molar-refractivity contribution is 0.957. The summed E-state index contributed by atoms with van der Waals surface area (Å²) in [7, 11) is 0. The van der Waals surface area contributed by atoms with Gasteiger partial charge in [0.1, 0.15) is 5.82 Å². The molecule has 0 atom stereocenters. The van der Waals surface area contributed by atoms with E-state index in [9.17, 15) is 0 Å². The molecule has 3 rings (SSSR count). The zero-order valence-corrected chi connectivity index (χ0v) is 10.3. The van der Waals surface area contributed by atoms with Gasteiger partial charge in [0.2, 0.25) is 0 Å². The van der Waals surface area contributed by atoms with Gasteiger partial charge in [0.15, 0.2) is 0 Å².